The number of pyridine rings is 1. The van der Waals surface area contributed by atoms with Gasteiger partial charge in [0.05, 0.1) is 18.3 Å². The maximum atomic E-state index is 14.8. The molecule has 3 aromatic rings. The highest BCUT2D eigenvalue weighted by Crippen LogP contribution is 2.36. The number of aromatic nitrogens is 1. The van der Waals surface area contributed by atoms with E-state index in [1.807, 2.05) is 14.0 Å². The Morgan fingerprint density at radius 3 is 2.72 bits per heavy atom. The summed E-state index contributed by atoms with van der Waals surface area (Å²) in [6.45, 7) is 2.46. The topological polar surface area (TPSA) is 61.6 Å². The van der Waals surface area contributed by atoms with Crippen LogP contribution in [0.15, 0.2) is 53.1 Å². The first-order valence-electron chi connectivity index (χ1n) is 10.6. The van der Waals surface area contributed by atoms with E-state index in [0.29, 0.717) is 30.1 Å². The number of hydrogen-bond donors (Lipinski definition) is 1. The number of hydrogen-bond acceptors (Lipinski definition) is 5. The van der Waals surface area contributed by atoms with Gasteiger partial charge in [-0.15, -0.1) is 0 Å². The van der Waals surface area contributed by atoms with E-state index in [9.17, 15) is 13.6 Å². The molecule has 1 N–H and O–H groups in total. The summed E-state index contributed by atoms with van der Waals surface area (Å²) in [5.41, 5.74) is 1.13. The molecule has 1 aromatic carbocycles. The lowest BCUT2D eigenvalue weighted by molar-refractivity contribution is 0.0698. The van der Waals surface area contributed by atoms with Gasteiger partial charge in [-0.3, -0.25) is 4.79 Å². The van der Waals surface area contributed by atoms with Crippen molar-refractivity contribution < 1.29 is 18.0 Å². The smallest absolute Gasteiger partial charge is 0.290 e. The Morgan fingerprint density at radius 2 is 2.00 bits per heavy atom. The molecule has 1 aliphatic heterocycles. The Bertz CT molecular complexity index is 1100. The number of amides is 1. The van der Waals surface area contributed by atoms with Gasteiger partial charge in [-0.05, 0) is 69.3 Å². The van der Waals surface area contributed by atoms with Crippen molar-refractivity contribution in [3.8, 4) is 0 Å². The molecule has 0 radical (unpaired) electrons. The molecular weight excluding hydrogens is 414 g/mol. The number of carbonyl (C=O) groups is 1. The first-order chi connectivity index (χ1) is 15.4. The number of furan rings is 1. The normalized spacial score (nSPS) is 16.9. The molecule has 0 aliphatic carbocycles. The number of nitrogens with zero attached hydrogens (tertiary/aromatic N) is 3. The molecule has 8 heteroatoms. The van der Waals surface area contributed by atoms with Crippen molar-refractivity contribution in [2.75, 3.05) is 25.5 Å². The molecule has 0 bridgehead atoms. The van der Waals surface area contributed by atoms with Gasteiger partial charge in [0.25, 0.3) is 5.91 Å². The largest absolute Gasteiger partial charge is 0.454 e. The van der Waals surface area contributed by atoms with Crippen LogP contribution in [0.5, 0.6) is 0 Å². The van der Waals surface area contributed by atoms with Crippen LogP contribution in [-0.4, -0.2) is 36.4 Å². The third kappa shape index (κ3) is 4.23. The van der Waals surface area contributed by atoms with Crippen molar-refractivity contribution in [3.05, 3.63) is 77.4 Å². The Kier molecular flexibility index (Phi) is 6.23. The lowest BCUT2D eigenvalue weighted by Crippen LogP contribution is -2.31. The summed E-state index contributed by atoms with van der Waals surface area (Å²) < 4.78 is 33.9. The highest BCUT2D eigenvalue weighted by molar-refractivity contribution is 5.92. The van der Waals surface area contributed by atoms with Crippen LogP contribution < -0.4 is 10.2 Å². The van der Waals surface area contributed by atoms with E-state index in [2.05, 4.69) is 10.3 Å². The Morgan fingerprint density at radius 1 is 1.25 bits per heavy atom. The summed E-state index contributed by atoms with van der Waals surface area (Å²) in [6, 6.07) is 10.7. The van der Waals surface area contributed by atoms with Crippen molar-refractivity contribution in [2.24, 2.45) is 0 Å². The minimum atomic E-state index is -0.463. The molecule has 1 aliphatic rings. The van der Waals surface area contributed by atoms with Gasteiger partial charge in [-0.2, -0.15) is 0 Å². The molecule has 0 spiro atoms. The molecule has 0 saturated carbocycles. The van der Waals surface area contributed by atoms with Gasteiger partial charge in [0.1, 0.15) is 23.2 Å². The Labute approximate surface area is 185 Å². The standard InChI is InChI=1S/C24H26F2N4O2/c1-15(27-2)21-10-11-22(32-21)24(31)30-12-4-5-20(30)18-13-23(28-14-19(18)26)29(3)17-8-6-16(25)7-9-17/h6-11,13-15,20,27H,4-5,12H2,1-3H3. The SMILES string of the molecule is CNC(C)c1ccc(C(=O)N2CCCC2c2cc(N(C)c3ccc(F)cc3)ncc2F)o1. The monoisotopic (exact) mass is 440 g/mol. The second kappa shape index (κ2) is 9.08. The minimum absolute atomic E-state index is 0.0203. The van der Waals surface area contributed by atoms with Crippen LogP contribution in [0, 0.1) is 11.6 Å². The van der Waals surface area contributed by atoms with Gasteiger partial charge in [0, 0.05) is 24.8 Å². The predicted molar refractivity (Wildman–Crippen MR) is 118 cm³/mol. The predicted octanol–water partition coefficient (Wildman–Crippen LogP) is 4.98. The molecule has 168 valence electrons. The molecule has 6 nitrogen and oxygen atoms in total. The number of halogens is 2. The van der Waals surface area contributed by atoms with Crippen molar-refractivity contribution in [3.63, 3.8) is 0 Å². The quantitative estimate of drug-likeness (QED) is 0.586. The summed E-state index contributed by atoms with van der Waals surface area (Å²) in [5, 5.41) is 3.08. The van der Waals surface area contributed by atoms with Gasteiger partial charge in [-0.25, -0.2) is 13.8 Å². The minimum Gasteiger partial charge on any atom is -0.454 e. The van der Waals surface area contributed by atoms with Gasteiger partial charge >= 0.3 is 0 Å². The second-order valence-electron chi connectivity index (χ2n) is 7.97. The van der Waals surface area contributed by atoms with Crippen LogP contribution >= 0.6 is 0 Å². The number of benzene rings is 1. The zero-order valence-electron chi connectivity index (χ0n) is 18.3. The average Bonchev–Trinajstić information content (AvgIpc) is 3.49. The van der Waals surface area contributed by atoms with Gasteiger partial charge in [0.15, 0.2) is 5.76 Å². The fraction of sp³-hybridized carbons (Fsp3) is 0.333. The summed E-state index contributed by atoms with van der Waals surface area (Å²) in [4.78, 5) is 20.8. The zero-order valence-corrected chi connectivity index (χ0v) is 18.3. The first-order valence-corrected chi connectivity index (χ1v) is 10.6. The van der Waals surface area contributed by atoms with Crippen LogP contribution in [0.2, 0.25) is 0 Å². The number of anilines is 2. The molecule has 2 aromatic heterocycles. The van der Waals surface area contributed by atoms with Crippen molar-refractivity contribution in [2.45, 2.75) is 31.8 Å². The molecule has 1 amide bonds. The van der Waals surface area contributed by atoms with E-state index in [0.717, 1.165) is 12.1 Å². The van der Waals surface area contributed by atoms with Crippen molar-refractivity contribution in [1.29, 1.82) is 0 Å². The molecular formula is C24H26F2N4O2. The lowest BCUT2D eigenvalue weighted by Gasteiger charge is -2.26. The summed E-state index contributed by atoms with van der Waals surface area (Å²) in [7, 11) is 3.60. The van der Waals surface area contributed by atoms with E-state index < -0.39 is 11.9 Å². The van der Waals surface area contributed by atoms with Crippen LogP contribution in [0.1, 0.15) is 53.7 Å². The number of nitrogens with one attached hydrogen (secondary N) is 1. The fourth-order valence-electron chi connectivity index (χ4n) is 4.00. The average molecular weight is 440 g/mol. The molecule has 2 unspecified atom stereocenters. The number of rotatable bonds is 6. The van der Waals surface area contributed by atoms with E-state index in [1.165, 1.54) is 18.3 Å². The Hall–Kier alpha value is -3.26. The van der Waals surface area contributed by atoms with Crippen molar-refractivity contribution >= 4 is 17.4 Å². The molecule has 4 rings (SSSR count). The zero-order chi connectivity index (χ0) is 22.8. The maximum Gasteiger partial charge on any atom is 0.290 e. The van der Waals surface area contributed by atoms with E-state index >= 15 is 0 Å². The van der Waals surface area contributed by atoms with E-state index in [-0.39, 0.29) is 23.5 Å². The molecule has 1 saturated heterocycles. The van der Waals surface area contributed by atoms with E-state index in [1.54, 1.807) is 47.2 Å². The Balaban J connectivity index is 1.60. The summed E-state index contributed by atoms with van der Waals surface area (Å²) in [6.07, 6.45) is 2.58. The van der Waals surface area contributed by atoms with Gasteiger partial charge in [-0.1, -0.05) is 0 Å². The van der Waals surface area contributed by atoms with Crippen LogP contribution in [0.4, 0.5) is 20.3 Å². The second-order valence-corrected chi connectivity index (χ2v) is 7.97. The number of likely N-dealkylation sites (tertiary alicyclic amines) is 1. The van der Waals surface area contributed by atoms with Crippen molar-refractivity contribution in [1.82, 2.24) is 15.2 Å². The molecule has 1 fully saturated rings. The van der Waals surface area contributed by atoms with E-state index in [4.69, 9.17) is 4.42 Å². The summed E-state index contributed by atoms with van der Waals surface area (Å²) >= 11 is 0. The lowest BCUT2D eigenvalue weighted by atomic mass is 10.0. The van der Waals surface area contributed by atoms with Gasteiger partial charge in [0.2, 0.25) is 0 Å². The number of carbonyl (C=O) groups excluding carboxylic acids is 1. The first kappa shape index (κ1) is 22.0. The third-order valence-electron chi connectivity index (χ3n) is 6.00. The van der Waals surface area contributed by atoms with Crippen LogP contribution in [0.25, 0.3) is 0 Å². The maximum absolute atomic E-state index is 14.8. The van der Waals surface area contributed by atoms with Crippen LogP contribution in [0.3, 0.4) is 0 Å². The van der Waals surface area contributed by atoms with Crippen LogP contribution in [-0.2, 0) is 0 Å². The molecule has 2 atom stereocenters. The highest BCUT2D eigenvalue weighted by atomic mass is 19.1. The molecule has 3 heterocycles. The van der Waals surface area contributed by atoms with Gasteiger partial charge < -0.3 is 19.5 Å². The summed E-state index contributed by atoms with van der Waals surface area (Å²) in [5.74, 6) is 0.370. The molecule has 32 heavy (non-hydrogen) atoms. The highest BCUT2D eigenvalue weighted by Gasteiger charge is 2.34. The third-order valence-corrected chi connectivity index (χ3v) is 6.00. The fourth-order valence-corrected chi connectivity index (χ4v) is 4.00.